The molecule has 8 nitrogen and oxygen atoms in total. The molecule has 3 heterocycles. The number of ketones is 1. The van der Waals surface area contributed by atoms with Gasteiger partial charge in [0.2, 0.25) is 0 Å². The molecule has 4 rings (SSSR count). The molecule has 2 aromatic heterocycles. The summed E-state index contributed by atoms with van der Waals surface area (Å²) in [6.45, 7) is 1.62. The predicted octanol–water partition coefficient (Wildman–Crippen LogP) is 4.01. The average Bonchev–Trinajstić information content (AvgIpc) is 3.41. The van der Waals surface area contributed by atoms with Gasteiger partial charge in [-0.2, -0.15) is 0 Å². The van der Waals surface area contributed by atoms with E-state index in [-0.39, 0.29) is 24.6 Å². The molecule has 3 amide bonds. The lowest BCUT2D eigenvalue weighted by Crippen LogP contribution is -2.37. The molecule has 1 saturated heterocycles. The lowest BCUT2D eigenvalue weighted by atomic mass is 10.1. The Morgan fingerprint density at radius 3 is 2.61 bits per heavy atom. The van der Waals surface area contributed by atoms with Crippen molar-refractivity contribution in [2.24, 2.45) is 0 Å². The maximum Gasteiger partial charge on any atom is 0.293 e. The summed E-state index contributed by atoms with van der Waals surface area (Å²) in [7, 11) is 0. The zero-order chi connectivity index (χ0) is 23.4. The standard InChI is InChI=1S/C24H19N3O5S/c1-15(28)17-4-6-18(7-5-17)19-8-9-20(32-19)22(29)26-11-12-27-23(30)21(33-24(27)31)13-16-3-2-10-25-14-16/h2-10,13-14H,11-12H2,1H3,(H,26,29)/b21-13-. The Labute approximate surface area is 193 Å². The summed E-state index contributed by atoms with van der Waals surface area (Å²) in [5.41, 5.74) is 2.05. The Bertz CT molecular complexity index is 1250. The molecule has 166 valence electrons. The van der Waals surface area contributed by atoms with Gasteiger partial charge in [0.15, 0.2) is 11.5 Å². The molecule has 33 heavy (non-hydrogen) atoms. The molecule has 1 aliphatic heterocycles. The van der Waals surface area contributed by atoms with Gasteiger partial charge in [-0.3, -0.25) is 29.1 Å². The van der Waals surface area contributed by atoms with Crippen LogP contribution in [0.1, 0.15) is 33.4 Å². The summed E-state index contributed by atoms with van der Waals surface area (Å²) in [5.74, 6) is -0.307. The van der Waals surface area contributed by atoms with Gasteiger partial charge in [-0.25, -0.2) is 0 Å². The van der Waals surface area contributed by atoms with E-state index in [2.05, 4.69) is 10.3 Å². The minimum atomic E-state index is -0.459. The molecule has 1 fully saturated rings. The smallest absolute Gasteiger partial charge is 0.293 e. The van der Waals surface area contributed by atoms with Crippen LogP contribution >= 0.6 is 11.8 Å². The fourth-order valence-corrected chi connectivity index (χ4v) is 4.02. The van der Waals surface area contributed by atoms with Crippen LogP contribution < -0.4 is 5.32 Å². The highest BCUT2D eigenvalue weighted by atomic mass is 32.2. The first-order valence-corrected chi connectivity index (χ1v) is 10.9. The minimum absolute atomic E-state index is 0.0332. The van der Waals surface area contributed by atoms with Crippen LogP contribution in [0.5, 0.6) is 0 Å². The van der Waals surface area contributed by atoms with E-state index in [0.29, 0.717) is 16.2 Å². The number of nitrogens with zero attached hydrogens (tertiary/aromatic N) is 2. The van der Waals surface area contributed by atoms with Crippen LogP contribution in [0.15, 0.2) is 70.2 Å². The number of carbonyl (C=O) groups is 4. The third-order valence-electron chi connectivity index (χ3n) is 4.88. The number of benzene rings is 1. The molecule has 0 unspecified atom stereocenters. The lowest BCUT2D eigenvalue weighted by molar-refractivity contribution is -0.122. The summed E-state index contributed by atoms with van der Waals surface area (Å²) in [5, 5.41) is 2.27. The van der Waals surface area contributed by atoms with Crippen molar-refractivity contribution in [2.45, 2.75) is 6.92 Å². The lowest BCUT2D eigenvalue weighted by Gasteiger charge is -2.12. The summed E-state index contributed by atoms with van der Waals surface area (Å²) in [6, 6.07) is 13.6. The first-order valence-electron chi connectivity index (χ1n) is 10.1. The van der Waals surface area contributed by atoms with E-state index in [1.807, 2.05) is 0 Å². The first-order chi connectivity index (χ1) is 15.9. The van der Waals surface area contributed by atoms with Gasteiger partial charge >= 0.3 is 0 Å². The summed E-state index contributed by atoms with van der Waals surface area (Å²) < 4.78 is 5.62. The molecule has 0 saturated carbocycles. The second-order valence-corrected chi connectivity index (χ2v) is 8.17. The molecule has 9 heteroatoms. The molecule has 3 aromatic rings. The van der Waals surface area contributed by atoms with Gasteiger partial charge in [0.05, 0.1) is 4.91 Å². The van der Waals surface area contributed by atoms with Crippen LogP contribution in [0, 0.1) is 0 Å². The van der Waals surface area contributed by atoms with Crippen molar-refractivity contribution in [1.82, 2.24) is 15.2 Å². The van der Waals surface area contributed by atoms with Gasteiger partial charge in [0.25, 0.3) is 17.1 Å². The summed E-state index contributed by atoms with van der Waals surface area (Å²) >= 11 is 0.854. The van der Waals surface area contributed by atoms with Crippen molar-refractivity contribution < 1.29 is 23.6 Å². The van der Waals surface area contributed by atoms with Crippen molar-refractivity contribution in [3.05, 3.63) is 82.7 Å². The van der Waals surface area contributed by atoms with Crippen LogP contribution in [0.2, 0.25) is 0 Å². The highest BCUT2D eigenvalue weighted by molar-refractivity contribution is 8.18. The zero-order valence-corrected chi connectivity index (χ0v) is 18.4. The Kier molecular flexibility index (Phi) is 6.50. The Balaban J connectivity index is 1.33. The second-order valence-electron chi connectivity index (χ2n) is 7.17. The highest BCUT2D eigenvalue weighted by Crippen LogP contribution is 2.31. The number of amides is 3. The van der Waals surface area contributed by atoms with Crippen LogP contribution in [0.3, 0.4) is 0 Å². The van der Waals surface area contributed by atoms with Gasteiger partial charge in [-0.1, -0.05) is 30.3 Å². The number of carbonyl (C=O) groups excluding carboxylic acids is 4. The fraction of sp³-hybridized carbons (Fsp3) is 0.125. The van der Waals surface area contributed by atoms with Crippen molar-refractivity contribution in [1.29, 1.82) is 0 Å². The fourth-order valence-electron chi connectivity index (χ4n) is 3.16. The molecular weight excluding hydrogens is 442 g/mol. The van der Waals surface area contributed by atoms with E-state index >= 15 is 0 Å². The molecule has 0 atom stereocenters. The second kappa shape index (κ2) is 9.66. The van der Waals surface area contributed by atoms with E-state index in [4.69, 9.17) is 4.42 Å². The number of nitrogens with one attached hydrogen (secondary N) is 1. The quantitative estimate of drug-likeness (QED) is 0.418. The van der Waals surface area contributed by atoms with Crippen molar-refractivity contribution in [2.75, 3.05) is 13.1 Å². The number of hydrogen-bond donors (Lipinski definition) is 1. The number of Topliss-reactive ketones (excluding diaryl/α,β-unsaturated/α-hetero) is 1. The van der Waals surface area contributed by atoms with Crippen LogP contribution in [0.4, 0.5) is 4.79 Å². The van der Waals surface area contributed by atoms with E-state index < -0.39 is 17.1 Å². The van der Waals surface area contributed by atoms with Crippen molar-refractivity contribution in [3.63, 3.8) is 0 Å². The van der Waals surface area contributed by atoms with Crippen LogP contribution in [0.25, 0.3) is 17.4 Å². The maximum atomic E-state index is 12.5. The van der Waals surface area contributed by atoms with E-state index in [1.54, 1.807) is 67.0 Å². The highest BCUT2D eigenvalue weighted by Gasteiger charge is 2.34. The molecule has 1 N–H and O–H groups in total. The number of hydrogen-bond acceptors (Lipinski definition) is 7. The van der Waals surface area contributed by atoms with Gasteiger partial charge in [0, 0.05) is 36.6 Å². The zero-order valence-electron chi connectivity index (χ0n) is 17.6. The predicted molar refractivity (Wildman–Crippen MR) is 123 cm³/mol. The normalized spacial score (nSPS) is 14.7. The first kappa shape index (κ1) is 22.2. The molecule has 0 aliphatic carbocycles. The van der Waals surface area contributed by atoms with Gasteiger partial charge in [-0.05, 0) is 48.5 Å². The maximum absolute atomic E-state index is 12.5. The number of thioether (sulfide) groups is 1. The van der Waals surface area contributed by atoms with Crippen LogP contribution in [-0.4, -0.2) is 45.8 Å². The van der Waals surface area contributed by atoms with Crippen LogP contribution in [-0.2, 0) is 4.79 Å². The number of aromatic nitrogens is 1. The van der Waals surface area contributed by atoms with Gasteiger partial charge in [0.1, 0.15) is 5.76 Å². The topological polar surface area (TPSA) is 110 Å². The Morgan fingerprint density at radius 2 is 1.91 bits per heavy atom. The SMILES string of the molecule is CC(=O)c1ccc(-c2ccc(C(=O)NCCN3C(=O)S/C(=C\c4cccnc4)C3=O)o2)cc1. The van der Waals surface area contributed by atoms with E-state index in [1.165, 1.54) is 6.92 Å². The molecule has 1 aliphatic rings. The molecular formula is C24H19N3O5S. The third-order valence-corrected chi connectivity index (χ3v) is 5.79. The number of furan rings is 1. The third kappa shape index (κ3) is 5.09. The van der Waals surface area contributed by atoms with Crippen molar-refractivity contribution >= 4 is 40.7 Å². The molecule has 0 radical (unpaired) electrons. The monoisotopic (exact) mass is 461 g/mol. The Morgan fingerprint density at radius 1 is 1.12 bits per heavy atom. The minimum Gasteiger partial charge on any atom is -0.451 e. The number of pyridine rings is 1. The molecule has 1 aromatic carbocycles. The number of imide groups is 1. The van der Waals surface area contributed by atoms with Crippen molar-refractivity contribution in [3.8, 4) is 11.3 Å². The number of rotatable bonds is 7. The van der Waals surface area contributed by atoms with Gasteiger partial charge in [-0.15, -0.1) is 0 Å². The van der Waals surface area contributed by atoms with E-state index in [0.717, 1.165) is 27.8 Å². The van der Waals surface area contributed by atoms with Gasteiger partial charge < -0.3 is 9.73 Å². The summed E-state index contributed by atoms with van der Waals surface area (Å²) in [4.78, 5) is 54.0. The summed E-state index contributed by atoms with van der Waals surface area (Å²) in [6.07, 6.45) is 4.84. The molecule has 0 bridgehead atoms. The van der Waals surface area contributed by atoms with E-state index in [9.17, 15) is 19.2 Å². The molecule has 0 spiro atoms. The Hall–Kier alpha value is -3.98. The largest absolute Gasteiger partial charge is 0.451 e. The average molecular weight is 461 g/mol.